The molecule has 1 N–H and O–H groups in total. The average molecular weight is 521 g/mol. The number of amides is 2. The Bertz CT molecular complexity index is 1540. The summed E-state index contributed by atoms with van der Waals surface area (Å²) in [5.74, 6) is -0.414. The van der Waals surface area contributed by atoms with Crippen molar-refractivity contribution in [1.29, 1.82) is 0 Å². The summed E-state index contributed by atoms with van der Waals surface area (Å²) < 4.78 is 4.06. The summed E-state index contributed by atoms with van der Waals surface area (Å²) in [6, 6.07) is 20.3. The van der Waals surface area contributed by atoms with Gasteiger partial charge < -0.3 is 10.2 Å². The molecule has 0 radical (unpaired) electrons. The molecule has 39 heavy (non-hydrogen) atoms. The van der Waals surface area contributed by atoms with Gasteiger partial charge in [0.25, 0.3) is 0 Å². The minimum Gasteiger partial charge on any atom is -0.350 e. The molecule has 1 unspecified atom stereocenters. The smallest absolute Gasteiger partial charge is 0.225 e. The highest BCUT2D eigenvalue weighted by Crippen LogP contribution is 2.31. The number of fused-ring (bicyclic) bond motifs is 2. The summed E-state index contributed by atoms with van der Waals surface area (Å²) in [6.45, 7) is 1.27. The first-order chi connectivity index (χ1) is 19.2. The zero-order valence-corrected chi connectivity index (χ0v) is 22.0. The second-order valence-corrected chi connectivity index (χ2v) is 10.8. The van der Waals surface area contributed by atoms with Crippen molar-refractivity contribution in [2.24, 2.45) is 5.92 Å². The van der Waals surface area contributed by atoms with E-state index in [1.54, 1.807) is 0 Å². The number of carbonyl (C=O) groups excluding carboxylic acids is 2. The number of nitrogens with zero attached hydrogens (tertiary/aromatic N) is 5. The van der Waals surface area contributed by atoms with Gasteiger partial charge in [-0.05, 0) is 73.9 Å². The summed E-state index contributed by atoms with van der Waals surface area (Å²) in [5, 5.41) is 12.9. The Balaban J connectivity index is 1.03. The van der Waals surface area contributed by atoms with Crippen molar-refractivity contribution in [2.75, 3.05) is 6.54 Å². The Hall–Kier alpha value is -4.20. The van der Waals surface area contributed by atoms with Crippen LogP contribution < -0.4 is 5.32 Å². The number of likely N-dealkylation sites (tertiary alicyclic amines) is 1. The van der Waals surface area contributed by atoms with Gasteiger partial charge in [-0.1, -0.05) is 36.4 Å². The van der Waals surface area contributed by atoms with Crippen LogP contribution in [-0.4, -0.2) is 42.8 Å². The zero-order chi connectivity index (χ0) is 26.3. The predicted octanol–water partition coefficient (Wildman–Crippen LogP) is 3.70. The molecule has 2 aliphatic carbocycles. The Morgan fingerprint density at radius 2 is 1.36 bits per heavy atom. The van der Waals surface area contributed by atoms with E-state index < -0.39 is 0 Å². The molecule has 1 saturated heterocycles. The lowest BCUT2D eigenvalue weighted by Crippen LogP contribution is -2.33. The van der Waals surface area contributed by atoms with Crippen LogP contribution in [0.5, 0.6) is 0 Å². The van der Waals surface area contributed by atoms with E-state index in [0.717, 1.165) is 61.3 Å². The number of nitrogens with one attached hydrogen (secondary N) is 1. The fourth-order valence-corrected chi connectivity index (χ4v) is 6.46. The molecule has 0 bridgehead atoms. The zero-order valence-electron chi connectivity index (χ0n) is 22.0. The fourth-order valence-electron chi connectivity index (χ4n) is 6.46. The third-order valence-electron chi connectivity index (χ3n) is 8.38. The van der Waals surface area contributed by atoms with E-state index in [4.69, 9.17) is 10.2 Å². The van der Waals surface area contributed by atoms with Crippen LogP contribution >= 0.6 is 0 Å². The van der Waals surface area contributed by atoms with Crippen LogP contribution in [0.4, 0.5) is 0 Å². The second-order valence-electron chi connectivity index (χ2n) is 10.8. The molecule has 2 aromatic heterocycles. The minimum atomic E-state index is -0.356. The van der Waals surface area contributed by atoms with Gasteiger partial charge in [-0.3, -0.25) is 9.59 Å². The first-order valence-electron chi connectivity index (χ1n) is 14.0. The highest BCUT2D eigenvalue weighted by Gasteiger charge is 2.36. The molecule has 4 aromatic rings. The number of para-hydroxylation sites is 2. The van der Waals surface area contributed by atoms with E-state index >= 15 is 0 Å². The number of carbonyl (C=O) groups is 2. The molecule has 1 atom stereocenters. The third-order valence-corrected chi connectivity index (χ3v) is 8.38. The van der Waals surface area contributed by atoms with Gasteiger partial charge in [0.05, 0.1) is 41.8 Å². The van der Waals surface area contributed by atoms with Gasteiger partial charge in [-0.25, -0.2) is 9.36 Å². The van der Waals surface area contributed by atoms with Crippen molar-refractivity contribution in [1.82, 2.24) is 29.8 Å². The predicted molar refractivity (Wildman–Crippen MR) is 147 cm³/mol. The van der Waals surface area contributed by atoms with Gasteiger partial charge >= 0.3 is 0 Å². The van der Waals surface area contributed by atoms with Crippen molar-refractivity contribution >= 4 is 11.8 Å². The van der Waals surface area contributed by atoms with Crippen LogP contribution in [0.1, 0.15) is 53.2 Å². The lowest BCUT2D eigenvalue weighted by molar-refractivity contribution is -0.129. The Kier molecular flexibility index (Phi) is 6.02. The van der Waals surface area contributed by atoms with E-state index in [2.05, 4.69) is 29.6 Å². The maximum atomic E-state index is 13.2. The second kappa shape index (κ2) is 9.84. The SMILES string of the molecule is O=C(NCc1nn(-c2ccccc2)c2c1CCC2)C1CC(=O)N(Cc2nn(-c3ccccc3)c3c2CCC3)C1. The normalized spacial score (nSPS) is 18.0. The molecule has 2 amide bonds. The first-order valence-corrected chi connectivity index (χ1v) is 14.0. The third kappa shape index (κ3) is 4.33. The maximum absolute atomic E-state index is 13.2. The topological polar surface area (TPSA) is 85.1 Å². The number of hydrogen-bond acceptors (Lipinski definition) is 4. The number of benzene rings is 2. The number of aromatic nitrogens is 4. The van der Waals surface area contributed by atoms with Gasteiger partial charge in [0.1, 0.15) is 0 Å². The van der Waals surface area contributed by atoms with Gasteiger partial charge in [-0.15, -0.1) is 0 Å². The molecule has 198 valence electrons. The van der Waals surface area contributed by atoms with Crippen molar-refractivity contribution in [3.8, 4) is 11.4 Å². The summed E-state index contributed by atoms with van der Waals surface area (Å²) in [4.78, 5) is 27.9. The highest BCUT2D eigenvalue weighted by atomic mass is 16.2. The van der Waals surface area contributed by atoms with Crippen molar-refractivity contribution < 1.29 is 9.59 Å². The van der Waals surface area contributed by atoms with Gasteiger partial charge in [0.15, 0.2) is 0 Å². The average Bonchev–Trinajstić information content (AvgIpc) is 3.78. The lowest BCUT2D eigenvalue weighted by Gasteiger charge is -2.16. The molecule has 3 heterocycles. The van der Waals surface area contributed by atoms with E-state index in [1.165, 1.54) is 22.5 Å². The van der Waals surface area contributed by atoms with E-state index in [1.807, 2.05) is 50.7 Å². The summed E-state index contributed by atoms with van der Waals surface area (Å²) in [5.41, 5.74) is 9.01. The first kappa shape index (κ1) is 23.9. The Labute approximate surface area is 227 Å². The van der Waals surface area contributed by atoms with E-state index in [0.29, 0.717) is 19.6 Å². The molecule has 0 spiro atoms. The van der Waals surface area contributed by atoms with Gasteiger partial charge in [-0.2, -0.15) is 10.2 Å². The van der Waals surface area contributed by atoms with Crippen LogP contribution in [0.25, 0.3) is 11.4 Å². The van der Waals surface area contributed by atoms with Crippen molar-refractivity contribution in [3.05, 3.63) is 94.6 Å². The van der Waals surface area contributed by atoms with Gasteiger partial charge in [0, 0.05) is 24.4 Å². The Morgan fingerprint density at radius 3 is 1.97 bits per heavy atom. The summed E-state index contributed by atoms with van der Waals surface area (Å²) in [7, 11) is 0. The monoisotopic (exact) mass is 520 g/mol. The molecule has 3 aliphatic rings. The minimum absolute atomic E-state index is 0.0189. The van der Waals surface area contributed by atoms with Crippen LogP contribution in [-0.2, 0) is 48.4 Å². The molecular weight excluding hydrogens is 488 g/mol. The van der Waals surface area contributed by atoms with Crippen molar-refractivity contribution in [2.45, 2.75) is 58.0 Å². The molecule has 8 heteroatoms. The summed E-state index contributed by atoms with van der Waals surface area (Å²) >= 11 is 0. The maximum Gasteiger partial charge on any atom is 0.225 e. The molecule has 0 saturated carbocycles. The molecule has 1 aliphatic heterocycles. The highest BCUT2D eigenvalue weighted by molar-refractivity contribution is 5.89. The molecule has 7 rings (SSSR count). The number of rotatable bonds is 7. The van der Waals surface area contributed by atoms with Crippen LogP contribution in [0.2, 0.25) is 0 Å². The standard InChI is InChI=1S/C31H32N6O2/c38-30-17-21(19-35(30)20-27-25-14-8-16-29(25)37(34-27)23-11-5-2-6-12-23)31(39)32-18-26-24-13-7-15-28(24)36(33-26)22-9-3-1-4-10-22/h1-6,9-12,21H,7-8,13-20H2,(H,32,39). The molecular formula is C31H32N6O2. The van der Waals surface area contributed by atoms with Crippen molar-refractivity contribution in [3.63, 3.8) is 0 Å². The van der Waals surface area contributed by atoms with Crippen LogP contribution in [0.3, 0.4) is 0 Å². The van der Waals surface area contributed by atoms with E-state index in [9.17, 15) is 9.59 Å². The van der Waals surface area contributed by atoms with Crippen LogP contribution in [0.15, 0.2) is 60.7 Å². The lowest BCUT2D eigenvalue weighted by atomic mass is 10.1. The Morgan fingerprint density at radius 1 is 0.795 bits per heavy atom. The molecule has 2 aromatic carbocycles. The molecule has 1 fully saturated rings. The van der Waals surface area contributed by atoms with E-state index in [-0.39, 0.29) is 24.2 Å². The van der Waals surface area contributed by atoms with Gasteiger partial charge in [0.2, 0.25) is 11.8 Å². The fraction of sp³-hybridized carbons (Fsp3) is 0.355. The van der Waals surface area contributed by atoms with Crippen LogP contribution in [0, 0.1) is 5.92 Å². The number of hydrogen-bond donors (Lipinski definition) is 1. The largest absolute Gasteiger partial charge is 0.350 e. The molecule has 8 nitrogen and oxygen atoms in total. The quantitative estimate of drug-likeness (QED) is 0.403. The summed E-state index contributed by atoms with van der Waals surface area (Å²) in [6.07, 6.45) is 6.43.